The number of nitrogens with zero attached hydrogens (tertiary/aromatic N) is 1. The Kier molecular flexibility index (Phi) is 5.61. The Balaban J connectivity index is 1.33. The first kappa shape index (κ1) is 22.2. The van der Waals surface area contributed by atoms with Gasteiger partial charge >= 0.3 is 0 Å². The molecule has 0 saturated carbocycles. The predicted octanol–water partition coefficient (Wildman–Crippen LogP) is 6.46. The molecule has 3 aliphatic rings. The van der Waals surface area contributed by atoms with Crippen molar-refractivity contribution in [2.45, 2.75) is 46.8 Å². The van der Waals surface area contributed by atoms with Crippen LogP contribution in [0.3, 0.4) is 0 Å². The molecule has 180 valence electrons. The van der Waals surface area contributed by atoms with Gasteiger partial charge in [0.2, 0.25) is 0 Å². The Hall–Kier alpha value is -3.05. The Morgan fingerprint density at radius 2 is 1.47 bits per heavy atom. The van der Waals surface area contributed by atoms with Crippen molar-refractivity contribution >= 4 is 17.4 Å². The van der Waals surface area contributed by atoms with Gasteiger partial charge in [0, 0.05) is 34.6 Å². The smallest absolute Gasteiger partial charge is 0.0887 e. The first-order chi connectivity index (χ1) is 17.8. The molecular weight excluding hydrogens is 458 g/mol. The summed E-state index contributed by atoms with van der Waals surface area (Å²) in [4.78, 5) is 4.08. The van der Waals surface area contributed by atoms with Crippen LogP contribution in [0.25, 0.3) is 0 Å². The molecule has 1 spiro atoms. The summed E-state index contributed by atoms with van der Waals surface area (Å²) < 4.78 is 0. The van der Waals surface area contributed by atoms with Gasteiger partial charge in [-0.25, -0.2) is 0 Å². The lowest BCUT2D eigenvalue weighted by Crippen LogP contribution is -2.48. The number of likely N-dealkylation sites (tertiary alicyclic amines) is 1. The van der Waals surface area contributed by atoms with Crippen molar-refractivity contribution in [3.8, 4) is 0 Å². The van der Waals surface area contributed by atoms with Gasteiger partial charge in [0.25, 0.3) is 0 Å². The summed E-state index contributed by atoms with van der Waals surface area (Å²) in [6.45, 7) is 2.10. The lowest BCUT2D eigenvalue weighted by Gasteiger charge is -2.37. The van der Waals surface area contributed by atoms with Crippen LogP contribution < -0.4 is 10.6 Å². The minimum atomic E-state index is 0.0698. The third-order valence-electron chi connectivity index (χ3n) is 8.37. The summed E-state index contributed by atoms with van der Waals surface area (Å²) in [7, 11) is 0. The van der Waals surface area contributed by atoms with E-state index in [0.29, 0.717) is 17.3 Å². The second kappa shape index (κ2) is 9.11. The molecule has 3 unspecified atom stereocenters. The maximum absolute atomic E-state index is 4.15. The van der Waals surface area contributed by atoms with Crippen LogP contribution in [0.2, 0.25) is 0 Å². The highest BCUT2D eigenvalue weighted by atomic mass is 32.2. The average molecular weight is 490 g/mol. The van der Waals surface area contributed by atoms with Crippen LogP contribution in [0.4, 0.5) is 5.69 Å². The number of hydrogen-bond donors (Lipinski definition) is 2. The Labute approximate surface area is 217 Å². The summed E-state index contributed by atoms with van der Waals surface area (Å²) in [6.07, 6.45) is 1.41. The van der Waals surface area contributed by atoms with Gasteiger partial charge in [0.1, 0.15) is 0 Å². The number of rotatable bonds is 6. The second-order valence-corrected chi connectivity index (χ2v) is 11.5. The van der Waals surface area contributed by atoms with Gasteiger partial charge in [-0.3, -0.25) is 10.2 Å². The lowest BCUT2D eigenvalue weighted by molar-refractivity contribution is 0.197. The van der Waals surface area contributed by atoms with E-state index in [2.05, 4.69) is 131 Å². The molecule has 3 aliphatic heterocycles. The molecule has 0 aromatic heterocycles. The first-order valence-corrected chi connectivity index (χ1v) is 13.9. The number of para-hydroxylation sites is 1. The molecule has 4 aromatic rings. The van der Waals surface area contributed by atoms with E-state index in [1.807, 2.05) is 11.8 Å². The molecule has 0 amide bonds. The molecule has 3 nitrogen and oxygen atoms in total. The highest BCUT2D eigenvalue weighted by molar-refractivity contribution is 7.99. The largest absolute Gasteiger partial charge is 0.369 e. The third kappa shape index (κ3) is 3.59. The minimum absolute atomic E-state index is 0.0698. The maximum atomic E-state index is 4.15. The van der Waals surface area contributed by atoms with Crippen LogP contribution in [-0.4, -0.2) is 29.7 Å². The van der Waals surface area contributed by atoms with Crippen molar-refractivity contribution in [3.63, 3.8) is 0 Å². The normalized spacial score (nSPS) is 27.2. The molecule has 0 radical (unpaired) electrons. The number of benzene rings is 4. The molecule has 4 aromatic carbocycles. The number of anilines is 1. The van der Waals surface area contributed by atoms with Crippen molar-refractivity contribution in [3.05, 3.63) is 132 Å². The second-order valence-electron chi connectivity index (χ2n) is 10.3. The molecule has 7 rings (SSSR count). The van der Waals surface area contributed by atoms with Crippen molar-refractivity contribution in [1.82, 2.24) is 10.2 Å². The third-order valence-corrected chi connectivity index (χ3v) is 9.73. The van der Waals surface area contributed by atoms with Crippen molar-refractivity contribution in [2.24, 2.45) is 0 Å². The molecule has 3 heterocycles. The highest BCUT2D eigenvalue weighted by Crippen LogP contribution is 2.57. The SMILES string of the molecule is c1ccc(CN2CCC34c5ccccc5N[C@@H]3NC(C(Sc3ccccc3)c3ccccc3)[C@@H]24)cc1. The topological polar surface area (TPSA) is 27.3 Å². The molecule has 5 atom stereocenters. The van der Waals surface area contributed by atoms with Crippen molar-refractivity contribution < 1.29 is 0 Å². The maximum Gasteiger partial charge on any atom is 0.0887 e. The molecule has 36 heavy (non-hydrogen) atoms. The number of nitrogens with one attached hydrogen (secondary N) is 2. The standard InChI is InChI=1S/C32H31N3S/c1-4-12-23(13-5-1)22-35-21-20-32-26-18-10-11-19-27(26)33-31(32)34-28(30(32)35)29(24-14-6-2-7-15-24)36-25-16-8-3-9-17-25/h1-19,28-31,33-34H,20-22H2/t28?,29?,30-,31-,32?/m1/s1. The number of thioether (sulfide) groups is 1. The molecule has 2 N–H and O–H groups in total. The predicted molar refractivity (Wildman–Crippen MR) is 149 cm³/mol. The Morgan fingerprint density at radius 3 is 2.25 bits per heavy atom. The van der Waals surface area contributed by atoms with Crippen LogP contribution in [0.15, 0.2) is 120 Å². The molecule has 2 fully saturated rings. The van der Waals surface area contributed by atoms with Gasteiger partial charge in [-0.15, -0.1) is 11.8 Å². The fourth-order valence-corrected chi connectivity index (χ4v) is 8.19. The minimum Gasteiger partial charge on any atom is -0.369 e. The zero-order valence-corrected chi connectivity index (χ0v) is 21.1. The van der Waals surface area contributed by atoms with Crippen molar-refractivity contribution in [2.75, 3.05) is 11.9 Å². The highest BCUT2D eigenvalue weighted by Gasteiger charge is 2.65. The molecule has 0 aliphatic carbocycles. The quantitative estimate of drug-likeness (QED) is 0.304. The number of hydrogen-bond acceptors (Lipinski definition) is 4. The summed E-state index contributed by atoms with van der Waals surface area (Å²) >= 11 is 2.00. The van der Waals surface area contributed by atoms with Crippen LogP contribution in [0.1, 0.15) is 28.4 Å². The van der Waals surface area contributed by atoms with E-state index in [0.717, 1.165) is 13.1 Å². The van der Waals surface area contributed by atoms with E-state index in [1.165, 1.54) is 33.7 Å². The Bertz CT molecular complexity index is 1330. The molecule has 0 bridgehead atoms. The zero-order valence-electron chi connectivity index (χ0n) is 20.3. The van der Waals surface area contributed by atoms with E-state index < -0.39 is 0 Å². The molecule has 4 heteroatoms. The molecule has 2 saturated heterocycles. The van der Waals surface area contributed by atoms with Gasteiger partial charge in [-0.05, 0) is 47.9 Å². The number of fused-ring (bicyclic) bond motifs is 1. The summed E-state index contributed by atoms with van der Waals surface area (Å²) in [5.41, 5.74) is 5.64. The van der Waals surface area contributed by atoms with E-state index in [-0.39, 0.29) is 11.6 Å². The van der Waals surface area contributed by atoms with Gasteiger partial charge in [-0.1, -0.05) is 97.1 Å². The van der Waals surface area contributed by atoms with Gasteiger partial charge in [0.05, 0.1) is 11.4 Å². The first-order valence-electron chi connectivity index (χ1n) is 13.0. The van der Waals surface area contributed by atoms with Gasteiger partial charge < -0.3 is 5.32 Å². The zero-order chi connectivity index (χ0) is 24.0. The fraction of sp³-hybridized carbons (Fsp3) is 0.250. The van der Waals surface area contributed by atoms with E-state index in [1.54, 1.807) is 0 Å². The molecular formula is C32H31N3S. The van der Waals surface area contributed by atoms with E-state index in [9.17, 15) is 0 Å². The van der Waals surface area contributed by atoms with Crippen LogP contribution in [0.5, 0.6) is 0 Å². The average Bonchev–Trinajstić information content (AvgIpc) is 3.56. The summed E-state index contributed by atoms with van der Waals surface area (Å²) in [5, 5.41) is 8.35. The Morgan fingerprint density at radius 1 is 0.806 bits per heavy atom. The summed E-state index contributed by atoms with van der Waals surface area (Å²) in [6, 6.07) is 42.7. The van der Waals surface area contributed by atoms with Crippen LogP contribution in [0, 0.1) is 0 Å². The van der Waals surface area contributed by atoms with Gasteiger partial charge in [0.15, 0.2) is 0 Å². The van der Waals surface area contributed by atoms with E-state index in [4.69, 9.17) is 0 Å². The van der Waals surface area contributed by atoms with Gasteiger partial charge in [-0.2, -0.15) is 0 Å². The fourth-order valence-electron chi connectivity index (χ4n) is 6.91. The van der Waals surface area contributed by atoms with Crippen LogP contribution >= 0.6 is 11.8 Å². The summed E-state index contributed by atoms with van der Waals surface area (Å²) in [5.74, 6) is 0. The van der Waals surface area contributed by atoms with Crippen LogP contribution in [-0.2, 0) is 12.0 Å². The lowest BCUT2D eigenvalue weighted by atomic mass is 9.73. The van der Waals surface area contributed by atoms with E-state index >= 15 is 0 Å². The van der Waals surface area contributed by atoms with Crippen molar-refractivity contribution in [1.29, 1.82) is 0 Å². The monoisotopic (exact) mass is 489 g/mol.